The van der Waals surface area contributed by atoms with Crippen molar-refractivity contribution in [2.45, 2.75) is 6.18 Å². The average Bonchev–Trinajstić information content (AvgIpc) is 3.37. The average molecular weight is 463 g/mol. The minimum Gasteiger partial charge on any atom is -0.496 e. The number of rotatable bonds is 6. The molecule has 13 heteroatoms. The highest BCUT2D eigenvalue weighted by molar-refractivity contribution is 5.97. The van der Waals surface area contributed by atoms with Crippen molar-refractivity contribution in [3.05, 3.63) is 47.9 Å². The van der Waals surface area contributed by atoms with Crippen molar-refractivity contribution in [3.8, 4) is 17.1 Å². The van der Waals surface area contributed by atoms with Crippen molar-refractivity contribution in [1.29, 1.82) is 0 Å². The summed E-state index contributed by atoms with van der Waals surface area (Å²) in [6, 6.07) is 7.09. The number of H-pyrrole nitrogens is 1. The quantitative estimate of drug-likeness (QED) is 0.378. The molecule has 0 atom stereocenters. The fourth-order valence-corrected chi connectivity index (χ4v) is 3.09. The molecule has 0 aliphatic rings. The molecule has 0 radical (unpaired) electrons. The van der Waals surface area contributed by atoms with Gasteiger partial charge >= 0.3 is 6.18 Å². The summed E-state index contributed by atoms with van der Waals surface area (Å²) in [7, 11) is 2.89. The zero-order chi connectivity index (χ0) is 23.8. The molecule has 2 aromatic heterocycles. The first-order valence-electron chi connectivity index (χ1n) is 9.48. The summed E-state index contributed by atoms with van der Waals surface area (Å²) in [5.74, 6) is -0.946. The fourth-order valence-electron chi connectivity index (χ4n) is 3.09. The van der Waals surface area contributed by atoms with Crippen molar-refractivity contribution in [1.82, 2.24) is 30.3 Å². The van der Waals surface area contributed by atoms with Crippen LogP contribution in [0.5, 0.6) is 5.75 Å². The molecule has 33 heavy (non-hydrogen) atoms. The Morgan fingerprint density at radius 2 is 2.03 bits per heavy atom. The van der Waals surface area contributed by atoms with Gasteiger partial charge in [0, 0.05) is 24.1 Å². The standard InChI is InChI=1S/C20H17F4N7O2/c1-31-19(27-15-5-11-8-26-29-14(11)7-13(15)21)28-17(30-31)10-3-4-12(16(6-10)33-2)18(32)25-9-20(22,23)24/h3-8H,9H2,1-2H3,(H,25,32)(H,26,29)(H,27,28,30). The molecule has 4 aromatic rings. The van der Waals surface area contributed by atoms with Gasteiger partial charge in [0.1, 0.15) is 18.1 Å². The van der Waals surface area contributed by atoms with Gasteiger partial charge in [-0.3, -0.25) is 9.89 Å². The normalized spacial score (nSPS) is 11.6. The molecule has 0 saturated heterocycles. The van der Waals surface area contributed by atoms with Gasteiger partial charge in [0.15, 0.2) is 5.82 Å². The number of hydrogen-bond donors (Lipinski definition) is 3. The van der Waals surface area contributed by atoms with E-state index < -0.39 is 24.4 Å². The molecule has 2 heterocycles. The second-order valence-corrected chi connectivity index (χ2v) is 7.01. The molecular weight excluding hydrogens is 446 g/mol. The van der Waals surface area contributed by atoms with E-state index in [2.05, 4.69) is 25.6 Å². The molecule has 0 aliphatic heterocycles. The number of ether oxygens (including phenoxy) is 1. The number of amides is 1. The Labute approximate surface area is 183 Å². The molecule has 3 N–H and O–H groups in total. The van der Waals surface area contributed by atoms with Crippen molar-refractivity contribution in [2.24, 2.45) is 7.05 Å². The number of hydrogen-bond acceptors (Lipinski definition) is 6. The van der Waals surface area contributed by atoms with E-state index in [1.165, 1.54) is 36.1 Å². The van der Waals surface area contributed by atoms with Gasteiger partial charge in [-0.1, -0.05) is 6.07 Å². The summed E-state index contributed by atoms with van der Waals surface area (Å²) in [5, 5.41) is 16.2. The largest absolute Gasteiger partial charge is 0.496 e. The summed E-state index contributed by atoms with van der Waals surface area (Å²) < 4.78 is 58.1. The third-order valence-corrected chi connectivity index (χ3v) is 4.69. The molecule has 2 aromatic carbocycles. The Morgan fingerprint density at radius 1 is 1.24 bits per heavy atom. The summed E-state index contributed by atoms with van der Waals surface area (Å²) in [4.78, 5) is 16.5. The number of methoxy groups -OCH3 is 1. The maximum Gasteiger partial charge on any atom is 0.405 e. The highest BCUT2D eigenvalue weighted by Gasteiger charge is 2.28. The number of aryl methyl sites for hydroxylation is 1. The second kappa shape index (κ2) is 8.41. The summed E-state index contributed by atoms with van der Waals surface area (Å²) in [5.41, 5.74) is 1.08. The number of carbonyl (C=O) groups excluding carboxylic acids is 1. The number of fused-ring (bicyclic) bond motifs is 1. The molecule has 172 valence electrons. The van der Waals surface area contributed by atoms with E-state index in [-0.39, 0.29) is 28.8 Å². The van der Waals surface area contributed by atoms with Gasteiger partial charge in [0.25, 0.3) is 5.91 Å². The van der Waals surface area contributed by atoms with Gasteiger partial charge in [-0.05, 0) is 18.2 Å². The number of aromatic amines is 1. The molecule has 4 rings (SSSR count). The van der Waals surface area contributed by atoms with Crippen LogP contribution in [0.4, 0.5) is 29.2 Å². The smallest absolute Gasteiger partial charge is 0.405 e. The molecule has 1 amide bonds. The third-order valence-electron chi connectivity index (χ3n) is 4.69. The summed E-state index contributed by atoms with van der Waals surface area (Å²) in [6.07, 6.45) is -2.98. The number of halogens is 4. The van der Waals surface area contributed by atoms with Crippen LogP contribution in [0.2, 0.25) is 0 Å². The zero-order valence-electron chi connectivity index (χ0n) is 17.3. The van der Waals surface area contributed by atoms with Gasteiger partial charge in [-0.25, -0.2) is 9.07 Å². The lowest BCUT2D eigenvalue weighted by molar-refractivity contribution is -0.123. The summed E-state index contributed by atoms with van der Waals surface area (Å²) >= 11 is 0. The van der Waals surface area contributed by atoms with Crippen LogP contribution in [0.1, 0.15) is 10.4 Å². The van der Waals surface area contributed by atoms with Crippen molar-refractivity contribution in [2.75, 3.05) is 19.0 Å². The SMILES string of the molecule is COc1cc(-c2nc(Nc3cc4cn[nH]c4cc3F)n(C)n2)ccc1C(=O)NCC(F)(F)F. The topological polar surface area (TPSA) is 110 Å². The number of alkyl halides is 3. The van der Waals surface area contributed by atoms with E-state index in [9.17, 15) is 22.4 Å². The number of aromatic nitrogens is 5. The molecule has 0 bridgehead atoms. The Hall–Kier alpha value is -4.16. The van der Waals surface area contributed by atoms with Crippen LogP contribution in [-0.4, -0.2) is 50.7 Å². The van der Waals surface area contributed by atoms with Crippen molar-refractivity contribution >= 4 is 28.4 Å². The Bertz CT molecular complexity index is 1330. The maximum absolute atomic E-state index is 14.4. The van der Waals surface area contributed by atoms with Crippen LogP contribution in [0, 0.1) is 5.82 Å². The first-order valence-corrected chi connectivity index (χ1v) is 9.48. The Morgan fingerprint density at radius 3 is 2.76 bits per heavy atom. The molecule has 0 saturated carbocycles. The van der Waals surface area contributed by atoms with Crippen LogP contribution in [0.15, 0.2) is 36.5 Å². The lowest BCUT2D eigenvalue weighted by Gasteiger charge is -2.11. The number of nitrogens with zero attached hydrogens (tertiary/aromatic N) is 4. The van der Waals surface area contributed by atoms with Gasteiger partial charge in [0.2, 0.25) is 5.95 Å². The van der Waals surface area contributed by atoms with E-state index in [1.807, 2.05) is 0 Å². The van der Waals surface area contributed by atoms with Crippen LogP contribution in [-0.2, 0) is 7.05 Å². The molecule has 9 nitrogen and oxygen atoms in total. The fraction of sp³-hybridized carbons (Fsp3) is 0.200. The maximum atomic E-state index is 14.4. The van der Waals surface area contributed by atoms with Crippen molar-refractivity contribution < 1.29 is 27.1 Å². The molecule has 0 spiro atoms. The number of benzene rings is 2. The van der Waals surface area contributed by atoms with E-state index in [0.29, 0.717) is 16.5 Å². The van der Waals surface area contributed by atoms with E-state index in [1.54, 1.807) is 24.6 Å². The first kappa shape index (κ1) is 22.0. The second-order valence-electron chi connectivity index (χ2n) is 7.01. The summed E-state index contributed by atoms with van der Waals surface area (Å²) in [6.45, 7) is -1.46. The minimum atomic E-state index is -4.54. The Kier molecular flexibility index (Phi) is 5.62. The lowest BCUT2D eigenvalue weighted by Crippen LogP contribution is -2.33. The van der Waals surface area contributed by atoms with Crippen LogP contribution in [0.25, 0.3) is 22.3 Å². The Balaban J connectivity index is 1.59. The zero-order valence-corrected chi connectivity index (χ0v) is 17.3. The predicted molar refractivity (Wildman–Crippen MR) is 111 cm³/mol. The molecular formula is C20H17F4N7O2. The minimum absolute atomic E-state index is 0.0468. The van der Waals surface area contributed by atoms with Crippen LogP contribution >= 0.6 is 0 Å². The highest BCUT2D eigenvalue weighted by Crippen LogP contribution is 2.28. The van der Waals surface area contributed by atoms with Gasteiger partial charge in [0.05, 0.1) is 30.1 Å². The van der Waals surface area contributed by atoms with Crippen LogP contribution < -0.4 is 15.4 Å². The van der Waals surface area contributed by atoms with E-state index in [4.69, 9.17) is 4.74 Å². The molecule has 0 fully saturated rings. The third kappa shape index (κ3) is 4.71. The van der Waals surface area contributed by atoms with Gasteiger partial charge < -0.3 is 15.4 Å². The monoisotopic (exact) mass is 463 g/mol. The number of anilines is 2. The van der Waals surface area contributed by atoms with E-state index >= 15 is 0 Å². The van der Waals surface area contributed by atoms with E-state index in [0.717, 1.165) is 0 Å². The number of nitrogens with one attached hydrogen (secondary N) is 3. The lowest BCUT2D eigenvalue weighted by atomic mass is 10.1. The molecule has 0 unspecified atom stereocenters. The van der Waals surface area contributed by atoms with Gasteiger partial charge in [-0.2, -0.15) is 23.3 Å². The molecule has 0 aliphatic carbocycles. The van der Waals surface area contributed by atoms with Gasteiger partial charge in [-0.15, -0.1) is 5.10 Å². The van der Waals surface area contributed by atoms with Crippen molar-refractivity contribution in [3.63, 3.8) is 0 Å². The number of carbonyl (C=O) groups is 1. The highest BCUT2D eigenvalue weighted by atomic mass is 19.4. The van der Waals surface area contributed by atoms with Crippen LogP contribution in [0.3, 0.4) is 0 Å². The first-order chi connectivity index (χ1) is 15.6. The predicted octanol–water partition coefficient (Wildman–Crippen LogP) is 3.54.